The van der Waals surface area contributed by atoms with Crippen molar-refractivity contribution in [1.29, 1.82) is 0 Å². The smallest absolute Gasteiger partial charge is 0.257 e. The first-order valence-corrected chi connectivity index (χ1v) is 10.4. The summed E-state index contributed by atoms with van der Waals surface area (Å²) in [4.78, 5) is 31.5. The number of rotatable bonds is 3. The molecule has 0 saturated carbocycles. The number of hydrogen-bond acceptors (Lipinski definition) is 4. The summed E-state index contributed by atoms with van der Waals surface area (Å²) < 4.78 is 0. The van der Waals surface area contributed by atoms with E-state index >= 15 is 0 Å². The lowest BCUT2D eigenvalue weighted by Gasteiger charge is -2.32. The van der Waals surface area contributed by atoms with Crippen molar-refractivity contribution >= 4 is 28.2 Å². The van der Waals surface area contributed by atoms with Gasteiger partial charge in [0.05, 0.1) is 5.56 Å². The Labute approximate surface area is 164 Å². The van der Waals surface area contributed by atoms with E-state index in [1.54, 1.807) is 11.3 Å². The molecule has 0 bridgehead atoms. The summed E-state index contributed by atoms with van der Waals surface area (Å²) in [5.74, 6) is -0.0666. The minimum Gasteiger partial charge on any atom is -0.336 e. The number of carbonyl (C=O) groups excluding carboxylic acids is 2. The summed E-state index contributed by atoms with van der Waals surface area (Å²) in [6, 6.07) is 7.55. The molecule has 142 valence electrons. The fraction of sp³-hybridized carbons (Fsp3) is 0.429. The van der Waals surface area contributed by atoms with Gasteiger partial charge < -0.3 is 15.1 Å². The van der Waals surface area contributed by atoms with Crippen LogP contribution in [0.15, 0.2) is 24.3 Å². The quantitative estimate of drug-likeness (QED) is 0.886. The van der Waals surface area contributed by atoms with E-state index in [-0.39, 0.29) is 11.8 Å². The number of nitrogens with one attached hydrogen (secondary N) is 1. The van der Waals surface area contributed by atoms with Gasteiger partial charge in [-0.25, -0.2) is 0 Å². The zero-order valence-electron chi connectivity index (χ0n) is 15.9. The van der Waals surface area contributed by atoms with Gasteiger partial charge in [0, 0.05) is 36.6 Å². The maximum Gasteiger partial charge on any atom is 0.257 e. The minimum atomic E-state index is -0.138. The first-order chi connectivity index (χ1) is 13.0. The summed E-state index contributed by atoms with van der Waals surface area (Å²) in [5, 5.41) is 3.77. The predicted molar refractivity (Wildman–Crippen MR) is 109 cm³/mol. The van der Waals surface area contributed by atoms with Crippen molar-refractivity contribution in [3.8, 4) is 0 Å². The second-order valence-electron chi connectivity index (χ2n) is 7.43. The van der Waals surface area contributed by atoms with Crippen LogP contribution in [0, 0.1) is 6.92 Å². The SMILES string of the molecule is Cc1ccccc1C(=O)Nc1sc2c(c1C(=O)N1CCN(C)CC1)CCC2. The van der Waals surface area contributed by atoms with Crippen LogP contribution in [0.5, 0.6) is 0 Å². The molecule has 1 aromatic carbocycles. The Balaban J connectivity index is 1.63. The highest BCUT2D eigenvalue weighted by Gasteiger charge is 2.31. The molecule has 1 aliphatic carbocycles. The van der Waals surface area contributed by atoms with Crippen LogP contribution in [0.25, 0.3) is 0 Å². The Morgan fingerprint density at radius 1 is 1.07 bits per heavy atom. The van der Waals surface area contributed by atoms with E-state index in [0.717, 1.165) is 67.1 Å². The minimum absolute atomic E-state index is 0.0718. The molecule has 1 saturated heterocycles. The average molecular weight is 384 g/mol. The van der Waals surface area contributed by atoms with Crippen LogP contribution >= 0.6 is 11.3 Å². The zero-order chi connectivity index (χ0) is 19.0. The third-order valence-electron chi connectivity index (χ3n) is 5.54. The van der Waals surface area contributed by atoms with Crippen LogP contribution in [0.4, 0.5) is 5.00 Å². The van der Waals surface area contributed by atoms with E-state index in [0.29, 0.717) is 5.56 Å². The molecular weight excluding hydrogens is 358 g/mol. The summed E-state index contributed by atoms with van der Waals surface area (Å²) in [6.45, 7) is 5.20. The molecule has 2 aromatic rings. The van der Waals surface area contributed by atoms with Crippen molar-refractivity contribution < 1.29 is 9.59 Å². The van der Waals surface area contributed by atoms with Crippen molar-refractivity contribution in [2.24, 2.45) is 0 Å². The van der Waals surface area contributed by atoms with Crippen molar-refractivity contribution in [3.63, 3.8) is 0 Å². The van der Waals surface area contributed by atoms with Gasteiger partial charge in [-0.15, -0.1) is 11.3 Å². The highest BCUT2D eigenvalue weighted by molar-refractivity contribution is 7.17. The molecule has 0 radical (unpaired) electrons. The molecule has 1 N–H and O–H groups in total. The van der Waals surface area contributed by atoms with Crippen LogP contribution in [0.2, 0.25) is 0 Å². The topological polar surface area (TPSA) is 52.7 Å². The van der Waals surface area contributed by atoms with Gasteiger partial charge in [0.25, 0.3) is 11.8 Å². The highest BCUT2D eigenvalue weighted by atomic mass is 32.1. The van der Waals surface area contributed by atoms with Gasteiger partial charge in [-0.1, -0.05) is 18.2 Å². The Morgan fingerprint density at radius 3 is 2.56 bits per heavy atom. The van der Waals surface area contributed by atoms with Gasteiger partial charge in [0.2, 0.25) is 0 Å². The molecule has 1 aliphatic heterocycles. The maximum atomic E-state index is 13.3. The van der Waals surface area contributed by atoms with E-state index in [4.69, 9.17) is 0 Å². The molecule has 6 heteroatoms. The number of fused-ring (bicyclic) bond motifs is 1. The number of piperazine rings is 1. The Bertz CT molecular complexity index is 882. The van der Waals surface area contributed by atoms with Gasteiger partial charge >= 0.3 is 0 Å². The normalized spacial score (nSPS) is 17.0. The molecule has 2 aliphatic rings. The van der Waals surface area contributed by atoms with Gasteiger partial charge in [0.1, 0.15) is 5.00 Å². The monoisotopic (exact) mass is 383 g/mol. The zero-order valence-corrected chi connectivity index (χ0v) is 16.7. The van der Waals surface area contributed by atoms with Crippen LogP contribution in [-0.2, 0) is 12.8 Å². The van der Waals surface area contributed by atoms with Crippen LogP contribution in [-0.4, -0.2) is 54.8 Å². The molecular formula is C21H25N3O2S. The van der Waals surface area contributed by atoms with E-state index < -0.39 is 0 Å². The molecule has 0 unspecified atom stereocenters. The number of carbonyl (C=O) groups is 2. The Morgan fingerprint density at radius 2 is 1.81 bits per heavy atom. The summed E-state index contributed by atoms with van der Waals surface area (Å²) in [6.07, 6.45) is 3.03. The molecule has 0 atom stereocenters. The third kappa shape index (κ3) is 3.51. The van der Waals surface area contributed by atoms with Gasteiger partial charge in [-0.05, 0) is 50.4 Å². The van der Waals surface area contributed by atoms with E-state index in [9.17, 15) is 9.59 Å². The fourth-order valence-corrected chi connectivity index (χ4v) is 5.16. The number of anilines is 1. The first kappa shape index (κ1) is 18.2. The maximum absolute atomic E-state index is 13.3. The molecule has 2 amide bonds. The number of nitrogens with zero attached hydrogens (tertiary/aromatic N) is 2. The number of hydrogen-bond donors (Lipinski definition) is 1. The van der Waals surface area contributed by atoms with Gasteiger partial charge in [-0.3, -0.25) is 9.59 Å². The van der Waals surface area contributed by atoms with E-state index in [2.05, 4.69) is 17.3 Å². The summed E-state index contributed by atoms with van der Waals surface area (Å²) in [5.41, 5.74) is 3.48. The molecule has 27 heavy (non-hydrogen) atoms. The third-order valence-corrected chi connectivity index (χ3v) is 6.75. The van der Waals surface area contributed by atoms with Crippen LogP contribution in [0.3, 0.4) is 0 Å². The first-order valence-electron chi connectivity index (χ1n) is 9.54. The fourth-order valence-electron chi connectivity index (χ4n) is 3.88. The number of benzene rings is 1. The Kier molecular flexibility index (Phi) is 5.02. The molecule has 1 aromatic heterocycles. The van der Waals surface area contributed by atoms with Gasteiger partial charge in [0.15, 0.2) is 0 Å². The lowest BCUT2D eigenvalue weighted by molar-refractivity contribution is 0.0664. The van der Waals surface area contributed by atoms with Crippen LogP contribution in [0.1, 0.15) is 43.1 Å². The second kappa shape index (κ2) is 7.44. The molecule has 1 fully saturated rings. The molecule has 4 rings (SSSR count). The van der Waals surface area contributed by atoms with Gasteiger partial charge in [-0.2, -0.15) is 0 Å². The standard InChI is InChI=1S/C21H25N3O2S/c1-14-6-3-4-7-15(14)19(25)22-20-18(16-8-5-9-17(16)27-20)21(26)24-12-10-23(2)11-13-24/h3-4,6-7H,5,8-13H2,1-2H3,(H,22,25). The predicted octanol–water partition coefficient (Wildman–Crippen LogP) is 3.19. The largest absolute Gasteiger partial charge is 0.336 e. The van der Waals surface area contributed by atoms with Crippen molar-refractivity contribution in [2.75, 3.05) is 38.5 Å². The lowest BCUT2D eigenvalue weighted by atomic mass is 10.1. The highest BCUT2D eigenvalue weighted by Crippen LogP contribution is 2.40. The molecule has 0 spiro atoms. The van der Waals surface area contributed by atoms with Crippen LogP contribution < -0.4 is 5.32 Å². The number of likely N-dealkylation sites (N-methyl/N-ethyl adjacent to an activating group) is 1. The van der Waals surface area contributed by atoms with Crippen molar-refractivity contribution in [3.05, 3.63) is 51.4 Å². The van der Waals surface area contributed by atoms with Crippen molar-refractivity contribution in [1.82, 2.24) is 9.80 Å². The summed E-state index contributed by atoms with van der Waals surface area (Å²) >= 11 is 1.58. The Hall–Kier alpha value is -2.18. The van der Waals surface area contributed by atoms with Crippen molar-refractivity contribution in [2.45, 2.75) is 26.2 Å². The summed E-state index contributed by atoms with van der Waals surface area (Å²) in [7, 11) is 2.08. The van der Waals surface area contributed by atoms with E-state index in [1.165, 1.54) is 4.88 Å². The number of amides is 2. The van der Waals surface area contributed by atoms with E-state index in [1.807, 2.05) is 36.1 Å². The second-order valence-corrected chi connectivity index (χ2v) is 8.53. The number of thiophene rings is 1. The molecule has 5 nitrogen and oxygen atoms in total. The molecule has 2 heterocycles. The lowest BCUT2D eigenvalue weighted by Crippen LogP contribution is -2.47. The number of aryl methyl sites for hydroxylation is 2. The average Bonchev–Trinajstić information content (AvgIpc) is 3.23.